The van der Waals surface area contributed by atoms with E-state index in [0.29, 0.717) is 18.8 Å². The molecule has 5 heteroatoms. The van der Waals surface area contributed by atoms with Crippen LogP contribution in [0.3, 0.4) is 0 Å². The normalized spacial score (nSPS) is 21.0. The van der Waals surface area contributed by atoms with Crippen molar-refractivity contribution >= 4 is 5.91 Å². The van der Waals surface area contributed by atoms with E-state index in [4.69, 9.17) is 9.26 Å². The Morgan fingerprint density at radius 2 is 2.17 bits per heavy atom. The van der Waals surface area contributed by atoms with E-state index in [1.165, 1.54) is 5.56 Å². The fourth-order valence-corrected chi connectivity index (χ4v) is 3.42. The van der Waals surface area contributed by atoms with Gasteiger partial charge in [0.15, 0.2) is 0 Å². The molecule has 1 aliphatic rings. The Hall–Kier alpha value is -2.14. The fraction of sp³-hybridized carbons (Fsp3) is 0.474. The molecule has 2 atom stereocenters. The summed E-state index contributed by atoms with van der Waals surface area (Å²) in [4.78, 5) is 14.5. The smallest absolute Gasteiger partial charge is 0.223 e. The van der Waals surface area contributed by atoms with Crippen LogP contribution in [0.2, 0.25) is 0 Å². The van der Waals surface area contributed by atoms with Gasteiger partial charge in [-0.25, -0.2) is 0 Å². The Balaban J connectivity index is 1.58. The van der Waals surface area contributed by atoms with E-state index in [2.05, 4.69) is 29.4 Å². The molecule has 2 heterocycles. The quantitative estimate of drug-likeness (QED) is 0.818. The number of amides is 1. The second-order valence-electron chi connectivity index (χ2n) is 6.33. The fourth-order valence-electron chi connectivity index (χ4n) is 3.42. The zero-order valence-electron chi connectivity index (χ0n) is 14.1. The number of hydrogen-bond donors (Lipinski definition) is 0. The van der Waals surface area contributed by atoms with E-state index >= 15 is 0 Å². The average molecular weight is 328 g/mol. The van der Waals surface area contributed by atoms with Crippen molar-refractivity contribution in [1.82, 2.24) is 10.1 Å². The van der Waals surface area contributed by atoms with E-state index in [1.807, 2.05) is 17.0 Å². The van der Waals surface area contributed by atoms with Gasteiger partial charge < -0.3 is 14.2 Å². The Kier molecular flexibility index (Phi) is 5.64. The van der Waals surface area contributed by atoms with E-state index in [-0.39, 0.29) is 12.0 Å². The maximum absolute atomic E-state index is 12.5. The number of aryl methyl sites for hydroxylation is 1. The Morgan fingerprint density at radius 1 is 1.33 bits per heavy atom. The lowest BCUT2D eigenvalue weighted by Crippen LogP contribution is -2.47. The minimum atomic E-state index is 0.180. The first-order chi connectivity index (χ1) is 11.8. The lowest BCUT2D eigenvalue weighted by molar-refractivity contribution is -0.135. The van der Waals surface area contributed by atoms with E-state index in [1.54, 1.807) is 13.3 Å². The molecule has 0 spiro atoms. The number of carbonyl (C=O) groups excluding carboxylic acids is 1. The number of ether oxygens (including phenoxy) is 1. The number of aromatic nitrogens is 1. The van der Waals surface area contributed by atoms with Crippen LogP contribution in [0.15, 0.2) is 47.1 Å². The summed E-state index contributed by atoms with van der Waals surface area (Å²) in [7, 11) is 1.77. The first kappa shape index (κ1) is 16.7. The largest absolute Gasteiger partial charge is 0.381 e. The van der Waals surface area contributed by atoms with Crippen molar-refractivity contribution in [3.8, 4) is 0 Å². The van der Waals surface area contributed by atoms with Crippen LogP contribution in [0, 0.1) is 5.92 Å². The van der Waals surface area contributed by atoms with Crippen LogP contribution in [0.1, 0.15) is 24.2 Å². The molecule has 1 amide bonds. The molecule has 0 radical (unpaired) electrons. The highest BCUT2D eigenvalue weighted by molar-refractivity contribution is 5.76. The maximum Gasteiger partial charge on any atom is 0.223 e. The second kappa shape index (κ2) is 8.11. The average Bonchev–Trinajstić information content (AvgIpc) is 3.14. The zero-order chi connectivity index (χ0) is 16.8. The van der Waals surface area contributed by atoms with Gasteiger partial charge in [0.25, 0.3) is 0 Å². The highest BCUT2D eigenvalue weighted by atomic mass is 16.5. The van der Waals surface area contributed by atoms with Gasteiger partial charge in [0, 0.05) is 45.0 Å². The summed E-state index contributed by atoms with van der Waals surface area (Å²) in [6.45, 7) is 1.52. The number of piperidine rings is 1. The third-order valence-electron chi connectivity index (χ3n) is 4.74. The summed E-state index contributed by atoms with van der Waals surface area (Å²) >= 11 is 0. The summed E-state index contributed by atoms with van der Waals surface area (Å²) < 4.78 is 10.7. The molecule has 0 aliphatic carbocycles. The molecule has 1 aromatic heterocycles. The van der Waals surface area contributed by atoms with Crippen LogP contribution >= 0.6 is 0 Å². The number of hydrogen-bond acceptors (Lipinski definition) is 4. The zero-order valence-corrected chi connectivity index (χ0v) is 14.1. The monoisotopic (exact) mass is 328 g/mol. The first-order valence-corrected chi connectivity index (χ1v) is 8.50. The van der Waals surface area contributed by atoms with E-state index in [0.717, 1.165) is 31.7 Å². The first-order valence-electron chi connectivity index (χ1n) is 8.50. The standard InChI is InChI=1S/C19H24N2O3/c1-23-18-10-12-21(19(22)8-7-17-9-11-20-24-17)14-16(18)13-15-5-3-2-4-6-15/h2-6,9,11,16,18H,7-8,10,12-14H2,1H3/t16-,18+/m1/s1. The van der Waals surface area contributed by atoms with Gasteiger partial charge in [-0.3, -0.25) is 4.79 Å². The van der Waals surface area contributed by atoms with Crippen LogP contribution in [0.5, 0.6) is 0 Å². The van der Waals surface area contributed by atoms with Crippen LogP contribution in [-0.2, 0) is 22.4 Å². The third-order valence-corrected chi connectivity index (χ3v) is 4.74. The highest BCUT2D eigenvalue weighted by Gasteiger charge is 2.31. The van der Waals surface area contributed by atoms with Gasteiger partial charge in [-0.05, 0) is 18.4 Å². The predicted octanol–water partition coefficient (Wildman–Crippen LogP) is 2.71. The van der Waals surface area contributed by atoms with Gasteiger partial charge in [0.2, 0.25) is 5.91 Å². The molecular weight excluding hydrogens is 304 g/mol. The summed E-state index contributed by atoms with van der Waals surface area (Å²) in [6.07, 6.45) is 4.72. The topological polar surface area (TPSA) is 55.6 Å². The predicted molar refractivity (Wildman–Crippen MR) is 90.5 cm³/mol. The Morgan fingerprint density at radius 3 is 2.88 bits per heavy atom. The molecule has 1 fully saturated rings. The molecule has 128 valence electrons. The van der Waals surface area contributed by atoms with Gasteiger partial charge in [-0.15, -0.1) is 0 Å². The molecule has 1 saturated heterocycles. The molecule has 1 aromatic carbocycles. The number of benzene rings is 1. The number of likely N-dealkylation sites (tertiary alicyclic amines) is 1. The molecule has 5 nitrogen and oxygen atoms in total. The van der Waals surface area contributed by atoms with Gasteiger partial charge in [-0.1, -0.05) is 35.5 Å². The summed E-state index contributed by atoms with van der Waals surface area (Å²) in [5.74, 6) is 1.27. The van der Waals surface area contributed by atoms with Gasteiger partial charge >= 0.3 is 0 Å². The van der Waals surface area contributed by atoms with Gasteiger partial charge in [0.1, 0.15) is 5.76 Å². The molecule has 2 aromatic rings. The van der Waals surface area contributed by atoms with Crippen molar-refractivity contribution in [3.05, 3.63) is 53.9 Å². The van der Waals surface area contributed by atoms with Crippen LogP contribution in [0.4, 0.5) is 0 Å². The van der Waals surface area contributed by atoms with Crippen LogP contribution in [0.25, 0.3) is 0 Å². The Labute approximate surface area is 142 Å². The maximum atomic E-state index is 12.5. The van der Waals surface area contributed by atoms with Crippen molar-refractivity contribution in [2.24, 2.45) is 5.92 Å². The minimum absolute atomic E-state index is 0.180. The van der Waals surface area contributed by atoms with E-state index in [9.17, 15) is 4.79 Å². The molecule has 24 heavy (non-hydrogen) atoms. The SMILES string of the molecule is CO[C@H]1CCN(C(=O)CCc2ccno2)C[C@H]1Cc1ccccc1. The van der Waals surface area contributed by atoms with Crippen LogP contribution < -0.4 is 0 Å². The molecule has 0 unspecified atom stereocenters. The lowest BCUT2D eigenvalue weighted by atomic mass is 9.88. The third kappa shape index (κ3) is 4.23. The minimum Gasteiger partial charge on any atom is -0.381 e. The highest BCUT2D eigenvalue weighted by Crippen LogP contribution is 2.24. The number of rotatable bonds is 6. The number of carbonyl (C=O) groups is 1. The van der Waals surface area contributed by atoms with Crippen LogP contribution in [-0.4, -0.2) is 42.3 Å². The molecular formula is C19H24N2O3. The molecule has 3 rings (SSSR count). The number of nitrogens with zero attached hydrogens (tertiary/aromatic N) is 2. The van der Waals surface area contributed by atoms with Crippen molar-refractivity contribution in [2.45, 2.75) is 31.8 Å². The molecule has 0 bridgehead atoms. The summed E-state index contributed by atoms with van der Waals surface area (Å²) in [5.41, 5.74) is 1.29. The van der Waals surface area contributed by atoms with Gasteiger partial charge in [0.05, 0.1) is 12.3 Å². The summed E-state index contributed by atoms with van der Waals surface area (Å²) in [5, 5.41) is 3.68. The molecule has 0 saturated carbocycles. The van der Waals surface area contributed by atoms with Crippen molar-refractivity contribution in [1.29, 1.82) is 0 Å². The summed E-state index contributed by atoms with van der Waals surface area (Å²) in [6, 6.07) is 12.2. The molecule has 0 N–H and O–H groups in total. The lowest BCUT2D eigenvalue weighted by Gasteiger charge is -2.38. The number of methoxy groups -OCH3 is 1. The van der Waals surface area contributed by atoms with Gasteiger partial charge in [-0.2, -0.15) is 0 Å². The molecule has 1 aliphatic heterocycles. The van der Waals surface area contributed by atoms with E-state index < -0.39 is 0 Å². The Bertz CT molecular complexity index is 627. The van der Waals surface area contributed by atoms with Crippen molar-refractivity contribution in [3.63, 3.8) is 0 Å². The second-order valence-corrected chi connectivity index (χ2v) is 6.33. The van der Waals surface area contributed by atoms with Crippen molar-refractivity contribution in [2.75, 3.05) is 20.2 Å². The van der Waals surface area contributed by atoms with Crippen molar-refractivity contribution < 1.29 is 14.1 Å².